The minimum Gasteiger partial charge on any atom is -0.345 e. The molecule has 110 valence electrons. The first-order valence-corrected chi connectivity index (χ1v) is 8.59. The SMILES string of the molecule is CN(CCc1cccs1)C(=O)[C@@]12CCCC[C@H]1CNC2. The summed E-state index contributed by atoms with van der Waals surface area (Å²) in [5.41, 5.74) is -0.0948. The molecule has 2 aliphatic rings. The van der Waals surface area contributed by atoms with Gasteiger partial charge in [0, 0.05) is 25.0 Å². The molecule has 1 aromatic rings. The number of likely N-dealkylation sites (N-methyl/N-ethyl adjacent to an activating group) is 1. The van der Waals surface area contributed by atoms with Crippen LogP contribution in [-0.2, 0) is 11.2 Å². The first kappa shape index (κ1) is 14.1. The van der Waals surface area contributed by atoms with Gasteiger partial charge in [-0.2, -0.15) is 0 Å². The number of fused-ring (bicyclic) bond motifs is 1. The second-order valence-electron chi connectivity index (χ2n) is 6.29. The van der Waals surface area contributed by atoms with Crippen molar-refractivity contribution in [3.8, 4) is 0 Å². The van der Waals surface area contributed by atoms with Gasteiger partial charge in [-0.15, -0.1) is 11.3 Å². The third kappa shape index (κ3) is 2.51. The highest BCUT2D eigenvalue weighted by molar-refractivity contribution is 7.09. The van der Waals surface area contributed by atoms with Crippen LogP contribution >= 0.6 is 11.3 Å². The molecule has 0 unspecified atom stereocenters. The molecule has 3 nitrogen and oxygen atoms in total. The summed E-state index contributed by atoms with van der Waals surface area (Å²) in [5, 5.41) is 5.57. The van der Waals surface area contributed by atoms with Gasteiger partial charge in [-0.05, 0) is 43.2 Å². The molecule has 2 fully saturated rings. The Balaban J connectivity index is 1.64. The van der Waals surface area contributed by atoms with Gasteiger partial charge in [-0.25, -0.2) is 0 Å². The van der Waals surface area contributed by atoms with Crippen molar-refractivity contribution in [2.45, 2.75) is 32.1 Å². The van der Waals surface area contributed by atoms with Crippen molar-refractivity contribution in [2.75, 3.05) is 26.7 Å². The number of hydrogen-bond acceptors (Lipinski definition) is 3. The van der Waals surface area contributed by atoms with Crippen LogP contribution in [0.4, 0.5) is 0 Å². The minimum absolute atomic E-state index is 0.0948. The quantitative estimate of drug-likeness (QED) is 0.925. The Kier molecular flexibility index (Phi) is 4.13. The first-order valence-electron chi connectivity index (χ1n) is 7.71. The molecule has 2 atom stereocenters. The Hall–Kier alpha value is -0.870. The van der Waals surface area contributed by atoms with Crippen LogP contribution in [0.3, 0.4) is 0 Å². The molecule has 0 spiro atoms. The fraction of sp³-hybridized carbons (Fsp3) is 0.688. The van der Waals surface area contributed by atoms with Crippen LogP contribution in [0.1, 0.15) is 30.6 Å². The molecular weight excluding hydrogens is 268 g/mol. The Morgan fingerprint density at radius 3 is 3.25 bits per heavy atom. The fourth-order valence-corrected chi connectivity index (χ4v) is 4.58. The normalized spacial score (nSPS) is 29.1. The fourth-order valence-electron chi connectivity index (χ4n) is 3.88. The average molecular weight is 292 g/mol. The molecule has 0 aromatic carbocycles. The number of nitrogens with zero attached hydrogens (tertiary/aromatic N) is 1. The number of thiophene rings is 1. The van der Waals surface area contributed by atoms with Crippen molar-refractivity contribution in [1.29, 1.82) is 0 Å². The van der Waals surface area contributed by atoms with Crippen LogP contribution in [0, 0.1) is 11.3 Å². The van der Waals surface area contributed by atoms with Crippen molar-refractivity contribution in [2.24, 2.45) is 11.3 Å². The third-order valence-corrected chi connectivity index (χ3v) is 6.02. The maximum Gasteiger partial charge on any atom is 0.230 e. The van der Waals surface area contributed by atoms with Gasteiger partial charge in [0.1, 0.15) is 0 Å². The van der Waals surface area contributed by atoms with Gasteiger partial charge in [0.05, 0.1) is 5.41 Å². The Bertz CT molecular complexity index is 459. The Morgan fingerprint density at radius 2 is 2.45 bits per heavy atom. The van der Waals surface area contributed by atoms with Crippen molar-refractivity contribution in [1.82, 2.24) is 10.2 Å². The molecule has 3 rings (SSSR count). The molecule has 0 radical (unpaired) electrons. The predicted octanol–water partition coefficient (Wildman–Crippen LogP) is 2.53. The summed E-state index contributed by atoms with van der Waals surface area (Å²) in [6, 6.07) is 4.24. The maximum atomic E-state index is 13.0. The molecule has 0 bridgehead atoms. The molecule has 1 aliphatic carbocycles. The molecule has 20 heavy (non-hydrogen) atoms. The lowest BCUT2D eigenvalue weighted by Crippen LogP contribution is -2.48. The number of amides is 1. The van der Waals surface area contributed by atoms with Gasteiger partial charge < -0.3 is 10.2 Å². The summed E-state index contributed by atoms with van der Waals surface area (Å²) < 4.78 is 0. The van der Waals surface area contributed by atoms with E-state index in [1.807, 2.05) is 11.9 Å². The van der Waals surface area contributed by atoms with Gasteiger partial charge in [-0.1, -0.05) is 18.9 Å². The average Bonchev–Trinajstić information content (AvgIpc) is 3.13. The first-order chi connectivity index (χ1) is 9.72. The van der Waals surface area contributed by atoms with Gasteiger partial charge >= 0.3 is 0 Å². The van der Waals surface area contributed by atoms with E-state index in [1.165, 1.54) is 24.1 Å². The summed E-state index contributed by atoms with van der Waals surface area (Å²) >= 11 is 1.78. The Labute approximate surface area is 125 Å². The van der Waals surface area contributed by atoms with Crippen LogP contribution in [0.5, 0.6) is 0 Å². The predicted molar refractivity (Wildman–Crippen MR) is 82.9 cm³/mol. The molecule has 1 saturated carbocycles. The molecular formula is C16H24N2OS. The van der Waals surface area contributed by atoms with E-state index in [0.29, 0.717) is 11.8 Å². The number of carbonyl (C=O) groups is 1. The highest BCUT2D eigenvalue weighted by Gasteiger charge is 2.50. The highest BCUT2D eigenvalue weighted by atomic mass is 32.1. The van der Waals surface area contributed by atoms with E-state index in [-0.39, 0.29) is 5.41 Å². The summed E-state index contributed by atoms with van der Waals surface area (Å²) in [6.07, 6.45) is 5.78. The molecule has 1 N–H and O–H groups in total. The second-order valence-corrected chi connectivity index (χ2v) is 7.32. The van der Waals surface area contributed by atoms with E-state index in [2.05, 4.69) is 22.8 Å². The van der Waals surface area contributed by atoms with E-state index in [9.17, 15) is 4.79 Å². The zero-order chi connectivity index (χ0) is 14.0. The van der Waals surface area contributed by atoms with E-state index in [1.54, 1.807) is 11.3 Å². The number of hydrogen-bond donors (Lipinski definition) is 1. The van der Waals surface area contributed by atoms with E-state index < -0.39 is 0 Å². The lowest BCUT2D eigenvalue weighted by molar-refractivity contribution is -0.143. The van der Waals surface area contributed by atoms with Crippen LogP contribution < -0.4 is 5.32 Å². The summed E-state index contributed by atoms with van der Waals surface area (Å²) in [7, 11) is 1.98. The minimum atomic E-state index is -0.0948. The van der Waals surface area contributed by atoms with Gasteiger partial charge in [0.25, 0.3) is 0 Å². The van der Waals surface area contributed by atoms with Gasteiger partial charge in [-0.3, -0.25) is 4.79 Å². The van der Waals surface area contributed by atoms with Gasteiger partial charge in [0.15, 0.2) is 0 Å². The van der Waals surface area contributed by atoms with Crippen molar-refractivity contribution in [3.05, 3.63) is 22.4 Å². The van der Waals surface area contributed by atoms with Crippen LogP contribution in [0.2, 0.25) is 0 Å². The molecule has 2 heterocycles. The monoisotopic (exact) mass is 292 g/mol. The summed E-state index contributed by atoms with van der Waals surface area (Å²) in [6.45, 7) is 2.76. The molecule has 4 heteroatoms. The van der Waals surface area contributed by atoms with E-state index in [0.717, 1.165) is 32.5 Å². The van der Waals surface area contributed by atoms with Crippen LogP contribution in [-0.4, -0.2) is 37.5 Å². The second kappa shape index (κ2) is 5.86. The topological polar surface area (TPSA) is 32.3 Å². The van der Waals surface area contributed by atoms with Crippen molar-refractivity contribution < 1.29 is 4.79 Å². The number of rotatable bonds is 4. The van der Waals surface area contributed by atoms with Gasteiger partial charge in [0.2, 0.25) is 5.91 Å². The van der Waals surface area contributed by atoms with E-state index >= 15 is 0 Å². The van der Waals surface area contributed by atoms with Crippen molar-refractivity contribution in [3.63, 3.8) is 0 Å². The molecule has 1 saturated heterocycles. The van der Waals surface area contributed by atoms with Crippen molar-refractivity contribution >= 4 is 17.2 Å². The largest absolute Gasteiger partial charge is 0.345 e. The van der Waals surface area contributed by atoms with Crippen LogP contribution in [0.25, 0.3) is 0 Å². The molecule has 1 aromatic heterocycles. The zero-order valence-corrected chi connectivity index (χ0v) is 13.0. The maximum absolute atomic E-state index is 13.0. The lowest BCUT2D eigenvalue weighted by Gasteiger charge is -2.39. The summed E-state index contributed by atoms with van der Waals surface area (Å²) in [4.78, 5) is 16.3. The van der Waals surface area contributed by atoms with E-state index in [4.69, 9.17) is 0 Å². The number of nitrogens with one attached hydrogen (secondary N) is 1. The smallest absolute Gasteiger partial charge is 0.230 e. The number of carbonyl (C=O) groups excluding carboxylic acids is 1. The standard InChI is InChI=1S/C16H24N2OS/c1-18(9-7-14-6-4-10-20-14)15(19)16-8-3-2-5-13(16)11-17-12-16/h4,6,10,13,17H,2-3,5,7-9,11-12H2,1H3/t13-,16+/m0/s1. The lowest BCUT2D eigenvalue weighted by atomic mass is 9.67. The van der Waals surface area contributed by atoms with Crippen LogP contribution in [0.15, 0.2) is 17.5 Å². The highest BCUT2D eigenvalue weighted by Crippen LogP contribution is 2.44. The molecule has 1 aliphatic heterocycles. The summed E-state index contributed by atoms with van der Waals surface area (Å²) in [5.74, 6) is 0.941. The zero-order valence-electron chi connectivity index (χ0n) is 12.2. The molecule has 1 amide bonds. The third-order valence-electron chi connectivity index (χ3n) is 5.08. The Morgan fingerprint density at radius 1 is 1.55 bits per heavy atom.